The molecule has 272 valence electrons. The van der Waals surface area contributed by atoms with Crippen molar-refractivity contribution >= 4 is 17.5 Å². The minimum atomic E-state index is -4.75. The van der Waals surface area contributed by atoms with Gasteiger partial charge in [-0.05, 0) is 67.8 Å². The number of nitrogens with zero attached hydrogens (tertiary/aromatic N) is 3. The quantitative estimate of drug-likeness (QED) is 0.131. The molecule has 15 heteroatoms. The first-order valence-corrected chi connectivity index (χ1v) is 16.0. The normalized spacial score (nSPS) is 17.6. The largest absolute Gasteiger partial charge is 0.509 e. The lowest BCUT2D eigenvalue weighted by atomic mass is 9.90. The highest BCUT2D eigenvalue weighted by atomic mass is 19.4. The lowest BCUT2D eigenvalue weighted by Gasteiger charge is -2.46. The van der Waals surface area contributed by atoms with Gasteiger partial charge in [0.15, 0.2) is 23.1 Å². The van der Waals surface area contributed by atoms with Crippen LogP contribution in [0.15, 0.2) is 84.4 Å². The number of ether oxygens (including phenoxy) is 3. The molecule has 2 N–H and O–H groups in total. The second kappa shape index (κ2) is 14.1. The highest BCUT2D eigenvalue weighted by Gasteiger charge is 2.53. The smallest absolute Gasteiger partial charge is 0.416 e. The monoisotopic (exact) mass is 724 g/mol. The number of rotatable bonds is 10. The Morgan fingerprint density at radius 2 is 1.73 bits per heavy atom. The molecule has 0 spiro atoms. The molecule has 0 aliphatic carbocycles. The molecule has 2 amide bonds. The lowest BCUT2D eigenvalue weighted by Crippen LogP contribution is -2.60. The molecule has 0 unspecified atom stereocenters. The fraction of sp³-hybridized carbons (Fsp3) is 0.270. The Labute approximate surface area is 295 Å². The molecule has 1 fully saturated rings. The van der Waals surface area contributed by atoms with E-state index < -0.39 is 58.6 Å². The topological polar surface area (TPSA) is 113 Å². The van der Waals surface area contributed by atoms with Crippen LogP contribution in [-0.4, -0.2) is 58.2 Å². The Bertz CT molecular complexity index is 2060. The van der Waals surface area contributed by atoms with Crippen LogP contribution in [0.4, 0.5) is 27.6 Å². The third-order valence-electron chi connectivity index (χ3n) is 9.20. The average molecular weight is 725 g/mol. The number of pyridine rings is 1. The summed E-state index contributed by atoms with van der Waals surface area (Å²) in [5, 5.41) is 16.5. The zero-order chi connectivity index (χ0) is 37.4. The molecule has 6 rings (SSSR count). The minimum absolute atomic E-state index is 0.0528. The molecule has 3 aromatic carbocycles. The van der Waals surface area contributed by atoms with E-state index in [2.05, 4.69) is 10.3 Å². The molecule has 1 saturated heterocycles. The number of aliphatic hydroxyl groups is 1. The Morgan fingerprint density at radius 1 is 0.981 bits per heavy atom. The molecule has 2 aliphatic rings. The van der Waals surface area contributed by atoms with Crippen LogP contribution in [-0.2, 0) is 28.9 Å². The predicted molar refractivity (Wildman–Crippen MR) is 178 cm³/mol. The van der Waals surface area contributed by atoms with Gasteiger partial charge >= 0.3 is 6.18 Å². The van der Waals surface area contributed by atoms with Crippen molar-refractivity contribution in [1.29, 1.82) is 0 Å². The van der Waals surface area contributed by atoms with Gasteiger partial charge in [0.2, 0.25) is 5.82 Å². The van der Waals surface area contributed by atoms with Gasteiger partial charge < -0.3 is 24.6 Å². The predicted octanol–water partition coefficient (Wildman–Crippen LogP) is 7.20. The molecule has 52 heavy (non-hydrogen) atoms. The molecule has 10 nitrogen and oxygen atoms in total. The van der Waals surface area contributed by atoms with Crippen LogP contribution in [0.5, 0.6) is 17.2 Å². The van der Waals surface area contributed by atoms with Crippen molar-refractivity contribution in [2.75, 3.05) is 26.1 Å². The van der Waals surface area contributed by atoms with E-state index in [0.29, 0.717) is 18.4 Å². The van der Waals surface area contributed by atoms with Gasteiger partial charge in [0.05, 0.1) is 31.9 Å². The second-order valence-corrected chi connectivity index (χ2v) is 12.3. The molecule has 1 aromatic heterocycles. The Hall–Kier alpha value is -5.70. The van der Waals surface area contributed by atoms with Gasteiger partial charge in [-0.3, -0.25) is 19.6 Å². The fourth-order valence-corrected chi connectivity index (χ4v) is 6.49. The molecule has 0 radical (unpaired) electrons. The first-order valence-electron chi connectivity index (χ1n) is 16.0. The van der Waals surface area contributed by atoms with Gasteiger partial charge in [-0.25, -0.2) is 9.40 Å². The number of carbonyl (C=O) groups excluding carboxylic acids is 2. The summed E-state index contributed by atoms with van der Waals surface area (Å²) in [6.07, 6.45) is -0.909. The summed E-state index contributed by atoms with van der Waals surface area (Å²) in [6, 6.07) is 12.9. The Morgan fingerprint density at radius 3 is 2.42 bits per heavy atom. The highest BCUT2D eigenvalue weighted by molar-refractivity contribution is 6.24. The number of methoxy groups -OCH3 is 2. The number of alkyl halides is 3. The van der Waals surface area contributed by atoms with Gasteiger partial charge in [-0.1, -0.05) is 18.2 Å². The number of halogens is 5. The maximum absolute atomic E-state index is 15.5. The number of hydrogen-bond donors (Lipinski definition) is 2. The maximum atomic E-state index is 15.5. The van der Waals surface area contributed by atoms with Gasteiger partial charge in [0.25, 0.3) is 11.8 Å². The van der Waals surface area contributed by atoms with E-state index in [1.54, 1.807) is 19.1 Å². The summed E-state index contributed by atoms with van der Waals surface area (Å²) >= 11 is 0. The van der Waals surface area contributed by atoms with E-state index in [1.165, 1.54) is 62.0 Å². The maximum Gasteiger partial charge on any atom is 0.416 e. The first-order chi connectivity index (χ1) is 24.8. The van der Waals surface area contributed by atoms with Crippen LogP contribution in [0.25, 0.3) is 11.1 Å². The minimum Gasteiger partial charge on any atom is -0.509 e. The number of aliphatic hydroxyl groups excluding tert-OH is 1. The summed E-state index contributed by atoms with van der Waals surface area (Å²) in [6.45, 7) is 1.28. The summed E-state index contributed by atoms with van der Waals surface area (Å²) in [5.41, 5.74) is -2.69. The average Bonchev–Trinajstić information content (AvgIpc) is 3.53. The van der Waals surface area contributed by atoms with Crippen LogP contribution in [0.1, 0.15) is 36.5 Å². The van der Waals surface area contributed by atoms with Gasteiger partial charge in [-0.15, -0.1) is 0 Å². The molecule has 3 heterocycles. The van der Waals surface area contributed by atoms with E-state index in [4.69, 9.17) is 14.2 Å². The third kappa shape index (κ3) is 6.59. The van der Waals surface area contributed by atoms with Crippen LogP contribution < -0.4 is 19.5 Å². The molecule has 0 bridgehead atoms. The number of amides is 2. The van der Waals surface area contributed by atoms with E-state index in [-0.39, 0.29) is 52.8 Å². The van der Waals surface area contributed by atoms with Gasteiger partial charge in [0.1, 0.15) is 17.9 Å². The summed E-state index contributed by atoms with van der Waals surface area (Å²) in [5.74, 6) is -5.34. The summed E-state index contributed by atoms with van der Waals surface area (Å²) < 4.78 is 88.6. The zero-order valence-corrected chi connectivity index (χ0v) is 28.2. The molecule has 1 atom stereocenters. The van der Waals surface area contributed by atoms with E-state index in [0.717, 1.165) is 23.2 Å². The molecule has 0 saturated carbocycles. The number of hydrazine groups is 1. The van der Waals surface area contributed by atoms with Crippen molar-refractivity contribution in [3.05, 3.63) is 113 Å². The fourth-order valence-electron chi connectivity index (χ4n) is 6.49. The van der Waals surface area contributed by atoms with E-state index in [1.807, 2.05) is 0 Å². The van der Waals surface area contributed by atoms with Gasteiger partial charge in [0, 0.05) is 41.3 Å². The second-order valence-electron chi connectivity index (χ2n) is 12.3. The SMILES string of the molecule is COc1cccc(-c2cc(C(F)(F)F)ccc2NC(=O)C2=C(O)[C@@]3(C)CCCN3N(Cc3ccc(OCc4ccncc4)c(F)c3F)C2=O)c1OC. The van der Waals surface area contributed by atoms with Crippen molar-refractivity contribution in [3.63, 3.8) is 0 Å². The van der Waals surface area contributed by atoms with Gasteiger partial charge in [-0.2, -0.15) is 17.6 Å². The number of carbonyl (C=O) groups is 2. The van der Waals surface area contributed by atoms with Crippen LogP contribution in [0.2, 0.25) is 0 Å². The number of benzene rings is 3. The van der Waals surface area contributed by atoms with Crippen LogP contribution in [0, 0.1) is 11.6 Å². The molecule has 4 aromatic rings. The van der Waals surface area contributed by atoms with Crippen LogP contribution in [0.3, 0.4) is 0 Å². The highest BCUT2D eigenvalue weighted by Crippen LogP contribution is 2.45. The Balaban J connectivity index is 1.34. The van der Waals surface area contributed by atoms with E-state index >= 15 is 8.78 Å². The first kappa shape index (κ1) is 36.1. The number of aromatic nitrogens is 1. The number of fused-ring (bicyclic) bond motifs is 1. The number of nitrogens with one attached hydrogen (secondary N) is 1. The van der Waals surface area contributed by atoms with Crippen LogP contribution >= 0.6 is 0 Å². The number of anilines is 1. The Kier molecular flexibility index (Phi) is 9.82. The van der Waals surface area contributed by atoms with Crippen molar-refractivity contribution in [2.24, 2.45) is 0 Å². The lowest BCUT2D eigenvalue weighted by molar-refractivity contribution is -0.160. The summed E-state index contributed by atoms with van der Waals surface area (Å²) in [7, 11) is 2.66. The molecular formula is C37H33F5N4O6. The zero-order valence-electron chi connectivity index (χ0n) is 28.2. The van der Waals surface area contributed by atoms with E-state index in [9.17, 15) is 27.9 Å². The number of para-hydroxylation sites is 1. The molecule has 2 aliphatic heterocycles. The number of hydrogen-bond acceptors (Lipinski definition) is 8. The van der Waals surface area contributed by atoms with Crippen molar-refractivity contribution in [2.45, 2.75) is 44.6 Å². The standard InChI is InChI=1S/C37H33F5N4O6/c1-36-14-5-17-46(36)45(19-22-8-11-27(31(39)30(22)38)52-20-21-12-15-43-16-13-21)35(49)29(33(36)47)34(48)44-26-10-9-23(37(40,41)42)18-25(26)24-6-4-7-28(50-2)32(24)51-3/h4,6-13,15-16,18,47H,5,14,17,19-20H2,1-3H3,(H,44,48)/t36-/m1/s1. The third-order valence-corrected chi connectivity index (χ3v) is 9.20. The van der Waals surface area contributed by atoms with Crippen molar-refractivity contribution < 1.29 is 50.9 Å². The molecular weight excluding hydrogens is 691 g/mol. The van der Waals surface area contributed by atoms with Crippen molar-refractivity contribution in [3.8, 4) is 28.4 Å². The summed E-state index contributed by atoms with van der Waals surface area (Å²) in [4.78, 5) is 32.0. The van der Waals surface area contributed by atoms with Crippen molar-refractivity contribution in [1.82, 2.24) is 15.0 Å².